The zero-order valence-electron chi connectivity index (χ0n) is 18.5. The Morgan fingerprint density at radius 2 is 2.30 bits per heavy atom. The molecule has 2 saturated heterocycles. The Hall–Kier alpha value is -1.19. The van der Waals surface area contributed by atoms with Gasteiger partial charge < -0.3 is 24.8 Å². The summed E-state index contributed by atoms with van der Waals surface area (Å²) in [4.78, 5) is 8.78. The molecular weight excluding hydrogens is 400 g/mol. The summed E-state index contributed by atoms with van der Waals surface area (Å²) in [5.74, 6) is 0.875. The number of nitrogens with zero attached hydrogens (tertiary/aromatic N) is 2. The van der Waals surface area contributed by atoms with Gasteiger partial charge >= 0.3 is 0 Å². The SMILES string of the molecule is CCNC(=NCC(c1cccs1)N1CCOC(C)C1)NCCCOCC1CCCO1. The first-order valence-corrected chi connectivity index (χ1v) is 12.2. The van der Waals surface area contributed by atoms with Crippen molar-refractivity contribution in [3.8, 4) is 0 Å². The van der Waals surface area contributed by atoms with Crippen LogP contribution in [-0.2, 0) is 14.2 Å². The molecule has 0 saturated carbocycles. The molecule has 0 bridgehead atoms. The van der Waals surface area contributed by atoms with Gasteiger partial charge in [-0.2, -0.15) is 0 Å². The summed E-state index contributed by atoms with van der Waals surface area (Å²) in [5.41, 5.74) is 0. The first-order chi connectivity index (χ1) is 14.8. The van der Waals surface area contributed by atoms with E-state index in [9.17, 15) is 0 Å². The van der Waals surface area contributed by atoms with E-state index in [-0.39, 0.29) is 6.10 Å². The van der Waals surface area contributed by atoms with Crippen molar-refractivity contribution >= 4 is 17.3 Å². The first kappa shape index (κ1) is 23.5. The average Bonchev–Trinajstić information content (AvgIpc) is 3.45. The number of hydrogen-bond acceptors (Lipinski definition) is 6. The van der Waals surface area contributed by atoms with Crippen molar-refractivity contribution in [1.82, 2.24) is 15.5 Å². The Morgan fingerprint density at radius 1 is 1.37 bits per heavy atom. The molecular formula is C22H38N4O3S. The van der Waals surface area contributed by atoms with E-state index in [0.717, 1.165) is 77.8 Å². The zero-order valence-corrected chi connectivity index (χ0v) is 19.3. The van der Waals surface area contributed by atoms with Crippen molar-refractivity contribution < 1.29 is 14.2 Å². The van der Waals surface area contributed by atoms with Gasteiger partial charge in [0, 0.05) is 44.3 Å². The van der Waals surface area contributed by atoms with Crippen LogP contribution < -0.4 is 10.6 Å². The molecule has 1 aromatic heterocycles. The minimum atomic E-state index is 0.270. The van der Waals surface area contributed by atoms with Crippen molar-refractivity contribution in [2.24, 2.45) is 4.99 Å². The molecule has 7 nitrogen and oxygen atoms in total. The zero-order chi connectivity index (χ0) is 21.0. The smallest absolute Gasteiger partial charge is 0.191 e. The van der Waals surface area contributed by atoms with Crippen molar-refractivity contribution in [3.05, 3.63) is 22.4 Å². The molecule has 8 heteroatoms. The van der Waals surface area contributed by atoms with Crippen LogP contribution in [0.15, 0.2) is 22.5 Å². The van der Waals surface area contributed by atoms with E-state index >= 15 is 0 Å². The van der Waals surface area contributed by atoms with Gasteiger partial charge in [-0.1, -0.05) is 6.07 Å². The Balaban J connectivity index is 1.45. The van der Waals surface area contributed by atoms with Gasteiger partial charge in [0.05, 0.1) is 38.0 Å². The molecule has 0 radical (unpaired) electrons. The second-order valence-electron chi connectivity index (χ2n) is 7.92. The van der Waals surface area contributed by atoms with Crippen LogP contribution in [-0.4, -0.2) is 82.2 Å². The Labute approximate surface area is 185 Å². The number of guanidine groups is 1. The molecule has 3 atom stereocenters. The predicted molar refractivity (Wildman–Crippen MR) is 122 cm³/mol. The van der Waals surface area contributed by atoms with Crippen molar-refractivity contribution in [1.29, 1.82) is 0 Å². The number of thiophene rings is 1. The highest BCUT2D eigenvalue weighted by Gasteiger charge is 2.26. The molecule has 2 fully saturated rings. The second kappa shape index (κ2) is 13.3. The molecule has 3 rings (SSSR count). The topological polar surface area (TPSA) is 67.4 Å². The number of nitrogens with one attached hydrogen (secondary N) is 2. The van der Waals surface area contributed by atoms with Gasteiger partial charge in [0.1, 0.15) is 0 Å². The summed E-state index contributed by atoms with van der Waals surface area (Å²) < 4.78 is 17.1. The van der Waals surface area contributed by atoms with Crippen molar-refractivity contribution in [2.75, 3.05) is 59.2 Å². The fourth-order valence-corrected chi connectivity index (χ4v) is 4.74. The maximum atomic E-state index is 5.75. The minimum Gasteiger partial charge on any atom is -0.379 e. The third-order valence-corrected chi connectivity index (χ3v) is 6.41. The van der Waals surface area contributed by atoms with Crippen LogP contribution in [0.1, 0.15) is 44.0 Å². The highest BCUT2D eigenvalue weighted by atomic mass is 32.1. The van der Waals surface area contributed by atoms with Crippen molar-refractivity contribution in [2.45, 2.75) is 51.4 Å². The maximum Gasteiger partial charge on any atom is 0.191 e. The van der Waals surface area contributed by atoms with E-state index < -0.39 is 0 Å². The van der Waals surface area contributed by atoms with Gasteiger partial charge in [0.15, 0.2) is 5.96 Å². The lowest BCUT2D eigenvalue weighted by Gasteiger charge is -2.36. The Bertz CT molecular complexity index is 608. The van der Waals surface area contributed by atoms with Gasteiger partial charge in [-0.25, -0.2) is 0 Å². The van der Waals surface area contributed by atoms with Gasteiger partial charge in [0.25, 0.3) is 0 Å². The fourth-order valence-electron chi connectivity index (χ4n) is 3.89. The van der Waals surface area contributed by atoms with Crippen LogP contribution >= 0.6 is 11.3 Å². The molecule has 0 aromatic carbocycles. The van der Waals surface area contributed by atoms with Crippen LogP contribution in [0.25, 0.3) is 0 Å². The van der Waals surface area contributed by atoms with E-state index in [1.54, 1.807) is 0 Å². The quantitative estimate of drug-likeness (QED) is 0.315. The summed E-state index contributed by atoms with van der Waals surface area (Å²) in [6.07, 6.45) is 3.81. The standard InChI is InChI=1S/C22H38N4O3S/c1-3-23-22(24-9-6-11-27-17-19-7-4-12-29-19)25-15-20(21-8-5-14-30-21)26-10-13-28-18(2)16-26/h5,8,14,18-20H,3-4,6-7,9-13,15-17H2,1-2H3,(H2,23,24,25). The lowest BCUT2D eigenvalue weighted by atomic mass is 10.1. The average molecular weight is 439 g/mol. The summed E-state index contributed by atoms with van der Waals surface area (Å²) >= 11 is 1.81. The van der Waals surface area contributed by atoms with Gasteiger partial charge in [-0.15, -0.1) is 11.3 Å². The Morgan fingerprint density at radius 3 is 3.03 bits per heavy atom. The number of rotatable bonds is 11. The van der Waals surface area contributed by atoms with E-state index in [1.165, 1.54) is 4.88 Å². The molecule has 3 unspecified atom stereocenters. The largest absolute Gasteiger partial charge is 0.379 e. The van der Waals surface area contributed by atoms with Crippen LogP contribution in [0.4, 0.5) is 0 Å². The van der Waals surface area contributed by atoms with Crippen molar-refractivity contribution in [3.63, 3.8) is 0 Å². The van der Waals surface area contributed by atoms with E-state index in [4.69, 9.17) is 19.2 Å². The van der Waals surface area contributed by atoms with Crippen LogP contribution in [0.2, 0.25) is 0 Å². The minimum absolute atomic E-state index is 0.270. The molecule has 2 N–H and O–H groups in total. The number of hydrogen-bond donors (Lipinski definition) is 2. The van der Waals surface area contributed by atoms with Crippen LogP contribution in [0.5, 0.6) is 0 Å². The molecule has 30 heavy (non-hydrogen) atoms. The van der Waals surface area contributed by atoms with Crippen LogP contribution in [0.3, 0.4) is 0 Å². The molecule has 2 aliphatic heterocycles. The lowest BCUT2D eigenvalue weighted by Crippen LogP contribution is -2.44. The van der Waals surface area contributed by atoms with Gasteiger partial charge in [-0.3, -0.25) is 9.89 Å². The first-order valence-electron chi connectivity index (χ1n) is 11.4. The third-order valence-electron chi connectivity index (χ3n) is 5.44. The summed E-state index contributed by atoms with van der Waals surface area (Å²) in [6, 6.07) is 4.64. The predicted octanol–water partition coefficient (Wildman–Crippen LogP) is 2.65. The maximum absolute atomic E-state index is 5.75. The summed E-state index contributed by atoms with van der Waals surface area (Å²) in [7, 11) is 0. The monoisotopic (exact) mass is 438 g/mol. The summed E-state index contributed by atoms with van der Waals surface area (Å²) in [5, 5.41) is 8.97. The third kappa shape index (κ3) is 7.81. The molecule has 0 aliphatic carbocycles. The Kier molecular flexibility index (Phi) is 10.4. The molecule has 0 amide bonds. The molecule has 2 aliphatic rings. The highest BCUT2D eigenvalue weighted by Crippen LogP contribution is 2.27. The molecule has 0 spiro atoms. The normalized spacial score (nSPS) is 24.1. The molecule has 170 valence electrons. The number of ether oxygens (including phenoxy) is 3. The number of aliphatic imine (C=N–C) groups is 1. The fraction of sp³-hybridized carbons (Fsp3) is 0.773. The van der Waals surface area contributed by atoms with E-state index in [2.05, 4.69) is 46.9 Å². The lowest BCUT2D eigenvalue weighted by molar-refractivity contribution is -0.0327. The molecule has 3 heterocycles. The van der Waals surface area contributed by atoms with Gasteiger partial charge in [0.2, 0.25) is 0 Å². The molecule has 1 aromatic rings. The highest BCUT2D eigenvalue weighted by molar-refractivity contribution is 7.10. The van der Waals surface area contributed by atoms with Crippen LogP contribution in [0, 0.1) is 0 Å². The van der Waals surface area contributed by atoms with Gasteiger partial charge in [-0.05, 0) is 44.6 Å². The second-order valence-corrected chi connectivity index (χ2v) is 8.90. The number of morpholine rings is 1. The summed E-state index contributed by atoms with van der Waals surface area (Å²) in [6.45, 7) is 11.7. The van der Waals surface area contributed by atoms with E-state index in [1.807, 2.05) is 11.3 Å². The van der Waals surface area contributed by atoms with E-state index in [0.29, 0.717) is 18.8 Å².